The highest BCUT2D eigenvalue weighted by molar-refractivity contribution is 5.92. The smallest absolute Gasteiger partial charge is 0.270 e. The lowest BCUT2D eigenvalue weighted by Gasteiger charge is -2.16. The largest absolute Gasteiger partial charge is 0.392 e. The Hall–Kier alpha value is -2.27. The van der Waals surface area contributed by atoms with Gasteiger partial charge in [-0.1, -0.05) is 13.0 Å². The van der Waals surface area contributed by atoms with E-state index < -0.39 is 0 Å². The van der Waals surface area contributed by atoms with Crippen molar-refractivity contribution in [1.82, 2.24) is 15.3 Å². The normalized spacial score (nSPS) is 12.0. The summed E-state index contributed by atoms with van der Waals surface area (Å²) in [6, 6.07) is 7.00. The molecule has 1 atom stereocenters. The van der Waals surface area contributed by atoms with Gasteiger partial charge in [0.2, 0.25) is 0 Å². The molecular weight excluding hydrogens is 266 g/mol. The highest BCUT2D eigenvalue weighted by atomic mass is 16.3. The summed E-state index contributed by atoms with van der Waals surface area (Å²) >= 11 is 0. The van der Waals surface area contributed by atoms with Crippen LogP contribution < -0.4 is 5.32 Å². The molecule has 1 amide bonds. The van der Waals surface area contributed by atoms with Gasteiger partial charge in [-0.05, 0) is 42.7 Å². The van der Waals surface area contributed by atoms with Gasteiger partial charge in [-0.2, -0.15) is 0 Å². The number of amides is 1. The second-order valence-electron chi connectivity index (χ2n) is 4.90. The first-order chi connectivity index (χ1) is 10.1. The summed E-state index contributed by atoms with van der Waals surface area (Å²) in [5.74, 6) is -0.264. The molecule has 2 rings (SSSR count). The number of carbonyl (C=O) groups is 1. The van der Waals surface area contributed by atoms with E-state index in [4.69, 9.17) is 5.11 Å². The predicted molar refractivity (Wildman–Crippen MR) is 79.6 cm³/mol. The Morgan fingerprint density at radius 3 is 2.76 bits per heavy atom. The van der Waals surface area contributed by atoms with Gasteiger partial charge in [0.25, 0.3) is 5.91 Å². The van der Waals surface area contributed by atoms with Crippen molar-refractivity contribution in [3.8, 4) is 0 Å². The second-order valence-corrected chi connectivity index (χ2v) is 4.90. The van der Waals surface area contributed by atoms with Gasteiger partial charge in [0.1, 0.15) is 5.69 Å². The number of aliphatic hydroxyl groups excluding tert-OH is 1. The van der Waals surface area contributed by atoms with Crippen LogP contribution in [0.25, 0.3) is 0 Å². The summed E-state index contributed by atoms with van der Waals surface area (Å²) in [6.45, 7) is 3.85. The van der Waals surface area contributed by atoms with E-state index in [1.54, 1.807) is 18.3 Å². The number of rotatable bonds is 5. The van der Waals surface area contributed by atoms with E-state index in [2.05, 4.69) is 15.3 Å². The average molecular weight is 285 g/mol. The number of carbonyl (C=O) groups excluding carboxylic acids is 1. The molecule has 0 radical (unpaired) electrons. The summed E-state index contributed by atoms with van der Waals surface area (Å²) in [6.07, 6.45) is 4.04. The number of nitrogens with one attached hydrogen (secondary N) is 1. The highest BCUT2D eigenvalue weighted by Gasteiger charge is 2.16. The molecule has 0 aliphatic rings. The van der Waals surface area contributed by atoms with Crippen molar-refractivity contribution in [3.05, 3.63) is 59.2 Å². The maximum atomic E-state index is 12.2. The maximum absolute atomic E-state index is 12.2. The minimum Gasteiger partial charge on any atom is -0.392 e. The fourth-order valence-electron chi connectivity index (χ4n) is 2.00. The van der Waals surface area contributed by atoms with Crippen LogP contribution in [0.1, 0.15) is 46.7 Å². The molecule has 0 aliphatic carbocycles. The number of hydrogen-bond donors (Lipinski definition) is 2. The lowest BCUT2D eigenvalue weighted by atomic mass is 10.1. The number of aliphatic hydroxyl groups is 1. The summed E-state index contributed by atoms with van der Waals surface area (Å²) < 4.78 is 0. The molecule has 0 spiro atoms. The number of aromatic nitrogens is 2. The van der Waals surface area contributed by atoms with E-state index in [-0.39, 0.29) is 18.6 Å². The predicted octanol–water partition coefficient (Wildman–Crippen LogP) is 2.16. The molecule has 2 aromatic rings. The zero-order valence-electron chi connectivity index (χ0n) is 12.2. The highest BCUT2D eigenvalue weighted by Crippen LogP contribution is 2.15. The van der Waals surface area contributed by atoms with Crippen LogP contribution in [-0.2, 0) is 6.61 Å². The summed E-state index contributed by atoms with van der Waals surface area (Å²) in [4.78, 5) is 20.6. The van der Waals surface area contributed by atoms with Gasteiger partial charge in [0, 0.05) is 12.4 Å². The van der Waals surface area contributed by atoms with E-state index >= 15 is 0 Å². The van der Waals surface area contributed by atoms with E-state index in [1.807, 2.05) is 26.0 Å². The van der Waals surface area contributed by atoms with E-state index in [0.717, 1.165) is 17.7 Å². The van der Waals surface area contributed by atoms with Gasteiger partial charge in [0.15, 0.2) is 0 Å². The Balaban J connectivity index is 2.14. The molecule has 0 bridgehead atoms. The summed E-state index contributed by atoms with van der Waals surface area (Å²) in [5.41, 5.74) is 2.87. The van der Waals surface area contributed by atoms with Crippen LogP contribution in [-0.4, -0.2) is 21.0 Å². The molecule has 2 aromatic heterocycles. The Morgan fingerprint density at radius 1 is 1.33 bits per heavy atom. The first kappa shape index (κ1) is 15.1. The van der Waals surface area contributed by atoms with Crippen molar-refractivity contribution in [1.29, 1.82) is 0 Å². The maximum Gasteiger partial charge on any atom is 0.270 e. The fraction of sp³-hybridized carbons (Fsp3) is 0.312. The average Bonchev–Trinajstić information content (AvgIpc) is 2.53. The fourth-order valence-corrected chi connectivity index (χ4v) is 2.00. The van der Waals surface area contributed by atoms with Gasteiger partial charge in [0.05, 0.1) is 18.3 Å². The number of hydrogen-bond acceptors (Lipinski definition) is 4. The van der Waals surface area contributed by atoms with Gasteiger partial charge in [-0.15, -0.1) is 0 Å². The Morgan fingerprint density at radius 2 is 2.14 bits per heavy atom. The van der Waals surface area contributed by atoms with Crippen molar-refractivity contribution in [2.24, 2.45) is 0 Å². The van der Waals surface area contributed by atoms with Crippen LogP contribution in [0.5, 0.6) is 0 Å². The number of aryl methyl sites for hydroxylation is 1. The Labute approximate surface area is 124 Å². The molecule has 2 heterocycles. The van der Waals surface area contributed by atoms with Crippen molar-refractivity contribution in [2.45, 2.75) is 32.9 Å². The SMILES string of the molecule is CCC(NC(=O)c1cc(CO)ccn1)c1ccc(C)cn1. The van der Waals surface area contributed by atoms with Crippen LogP contribution >= 0.6 is 0 Å². The third kappa shape index (κ3) is 3.86. The van der Waals surface area contributed by atoms with Gasteiger partial charge in [-0.25, -0.2) is 0 Å². The molecular formula is C16H19N3O2. The summed E-state index contributed by atoms with van der Waals surface area (Å²) in [5, 5.41) is 12.0. The Bertz CT molecular complexity index is 611. The van der Waals surface area contributed by atoms with Crippen LogP contribution in [0, 0.1) is 6.92 Å². The van der Waals surface area contributed by atoms with Crippen LogP contribution in [0.15, 0.2) is 36.7 Å². The van der Waals surface area contributed by atoms with Crippen LogP contribution in [0.4, 0.5) is 0 Å². The zero-order valence-corrected chi connectivity index (χ0v) is 12.2. The monoisotopic (exact) mass is 285 g/mol. The summed E-state index contributed by atoms with van der Waals surface area (Å²) in [7, 11) is 0. The van der Waals surface area contributed by atoms with Crippen molar-refractivity contribution in [3.63, 3.8) is 0 Å². The first-order valence-corrected chi connectivity index (χ1v) is 6.93. The van der Waals surface area contributed by atoms with Gasteiger partial charge in [-0.3, -0.25) is 14.8 Å². The molecule has 0 aliphatic heterocycles. The molecule has 0 saturated carbocycles. The minimum atomic E-state index is -0.264. The molecule has 5 heteroatoms. The third-order valence-corrected chi connectivity index (χ3v) is 3.24. The zero-order chi connectivity index (χ0) is 15.2. The first-order valence-electron chi connectivity index (χ1n) is 6.93. The molecule has 1 unspecified atom stereocenters. The van der Waals surface area contributed by atoms with Crippen molar-refractivity contribution in [2.75, 3.05) is 0 Å². The molecule has 0 fully saturated rings. The standard InChI is InChI=1S/C16H19N3O2/c1-3-13(14-5-4-11(2)9-18-14)19-16(21)15-8-12(10-20)6-7-17-15/h4-9,13,20H,3,10H2,1-2H3,(H,19,21). The van der Waals surface area contributed by atoms with Gasteiger partial charge < -0.3 is 10.4 Å². The molecule has 21 heavy (non-hydrogen) atoms. The van der Waals surface area contributed by atoms with Crippen LogP contribution in [0.2, 0.25) is 0 Å². The third-order valence-electron chi connectivity index (χ3n) is 3.24. The van der Waals surface area contributed by atoms with Gasteiger partial charge >= 0.3 is 0 Å². The topological polar surface area (TPSA) is 75.1 Å². The van der Waals surface area contributed by atoms with Crippen molar-refractivity contribution >= 4 is 5.91 Å². The molecule has 0 saturated heterocycles. The molecule has 110 valence electrons. The quantitative estimate of drug-likeness (QED) is 0.882. The minimum absolute atomic E-state index is 0.112. The van der Waals surface area contributed by atoms with Crippen LogP contribution in [0.3, 0.4) is 0 Å². The lowest BCUT2D eigenvalue weighted by Crippen LogP contribution is -2.29. The second kappa shape index (κ2) is 6.95. The van der Waals surface area contributed by atoms with E-state index in [0.29, 0.717) is 11.3 Å². The molecule has 5 nitrogen and oxygen atoms in total. The lowest BCUT2D eigenvalue weighted by molar-refractivity contribution is 0.0929. The van der Waals surface area contributed by atoms with E-state index in [9.17, 15) is 4.79 Å². The number of pyridine rings is 2. The number of nitrogens with zero attached hydrogens (tertiary/aromatic N) is 2. The van der Waals surface area contributed by atoms with E-state index in [1.165, 1.54) is 6.20 Å². The van der Waals surface area contributed by atoms with Crippen molar-refractivity contribution < 1.29 is 9.90 Å². The molecule has 2 N–H and O–H groups in total. The Kier molecular flexibility index (Phi) is 5.00. The molecule has 0 aromatic carbocycles.